The molecule has 0 aliphatic rings. The molecule has 0 bridgehead atoms. The van der Waals surface area contributed by atoms with Crippen LogP contribution in [-0.2, 0) is 6.42 Å². The van der Waals surface area contributed by atoms with Crippen LogP contribution in [0.4, 0.5) is 4.39 Å². The highest BCUT2D eigenvalue weighted by atomic mass is 79.9. The SMILES string of the molecule is CNC(Cc1cc(Cl)ccc1F)c1cc(C)cc(Br)c1. The lowest BCUT2D eigenvalue weighted by molar-refractivity contribution is 0.554. The van der Waals surface area contributed by atoms with Gasteiger partial charge in [-0.05, 0) is 67.4 Å². The van der Waals surface area contributed by atoms with Gasteiger partial charge in [0.25, 0.3) is 0 Å². The summed E-state index contributed by atoms with van der Waals surface area (Å²) in [6.45, 7) is 2.04. The van der Waals surface area contributed by atoms with Crippen LogP contribution in [0.15, 0.2) is 40.9 Å². The van der Waals surface area contributed by atoms with E-state index >= 15 is 0 Å². The number of halogens is 3. The van der Waals surface area contributed by atoms with Crippen molar-refractivity contribution in [2.24, 2.45) is 0 Å². The van der Waals surface area contributed by atoms with E-state index in [0.29, 0.717) is 17.0 Å². The molecule has 1 nitrogen and oxygen atoms in total. The van der Waals surface area contributed by atoms with Gasteiger partial charge in [0.15, 0.2) is 0 Å². The third-order valence-corrected chi connectivity index (χ3v) is 3.94. The average Bonchev–Trinajstić information content (AvgIpc) is 2.38. The minimum atomic E-state index is -0.221. The highest BCUT2D eigenvalue weighted by Gasteiger charge is 2.14. The summed E-state index contributed by atoms with van der Waals surface area (Å²) in [5.41, 5.74) is 2.91. The van der Waals surface area contributed by atoms with Gasteiger partial charge < -0.3 is 5.32 Å². The monoisotopic (exact) mass is 355 g/mol. The van der Waals surface area contributed by atoms with E-state index in [9.17, 15) is 4.39 Å². The van der Waals surface area contributed by atoms with Crippen LogP contribution in [0.5, 0.6) is 0 Å². The molecule has 1 atom stereocenters. The molecule has 0 aliphatic carbocycles. The molecule has 1 unspecified atom stereocenters. The maximum atomic E-state index is 13.8. The Labute approximate surface area is 132 Å². The third-order valence-electron chi connectivity index (χ3n) is 3.25. The fourth-order valence-electron chi connectivity index (χ4n) is 2.27. The topological polar surface area (TPSA) is 12.0 Å². The standard InChI is InChI=1S/C16H16BrClFN/c1-10-5-12(7-13(17)6-10)16(20-2)9-11-8-14(18)3-4-15(11)19/h3-8,16,20H,9H2,1-2H3. The van der Waals surface area contributed by atoms with Crippen molar-refractivity contribution in [3.8, 4) is 0 Å². The summed E-state index contributed by atoms with van der Waals surface area (Å²) in [4.78, 5) is 0. The lowest BCUT2D eigenvalue weighted by Crippen LogP contribution is -2.19. The fraction of sp³-hybridized carbons (Fsp3) is 0.250. The van der Waals surface area contributed by atoms with Crippen LogP contribution in [0.25, 0.3) is 0 Å². The number of aryl methyl sites for hydroxylation is 1. The summed E-state index contributed by atoms with van der Waals surface area (Å²) in [5.74, 6) is -0.221. The second-order valence-corrected chi connectivity index (χ2v) is 6.20. The average molecular weight is 357 g/mol. The zero-order chi connectivity index (χ0) is 14.7. The van der Waals surface area contributed by atoms with Gasteiger partial charge in [-0.2, -0.15) is 0 Å². The van der Waals surface area contributed by atoms with E-state index in [-0.39, 0.29) is 11.9 Å². The van der Waals surface area contributed by atoms with Gasteiger partial charge in [-0.3, -0.25) is 0 Å². The fourth-order valence-corrected chi connectivity index (χ4v) is 3.09. The molecule has 20 heavy (non-hydrogen) atoms. The van der Waals surface area contributed by atoms with Gasteiger partial charge in [-0.25, -0.2) is 4.39 Å². The summed E-state index contributed by atoms with van der Waals surface area (Å²) < 4.78 is 14.9. The Balaban J connectivity index is 2.30. The zero-order valence-electron chi connectivity index (χ0n) is 11.4. The van der Waals surface area contributed by atoms with E-state index in [1.807, 2.05) is 14.0 Å². The maximum Gasteiger partial charge on any atom is 0.126 e. The molecular weight excluding hydrogens is 341 g/mol. The molecule has 0 radical (unpaired) electrons. The number of hydrogen-bond acceptors (Lipinski definition) is 1. The van der Waals surface area contributed by atoms with Gasteiger partial charge in [-0.15, -0.1) is 0 Å². The van der Waals surface area contributed by atoms with Crippen LogP contribution in [0.1, 0.15) is 22.7 Å². The van der Waals surface area contributed by atoms with Gasteiger partial charge in [0.05, 0.1) is 0 Å². The first kappa shape index (κ1) is 15.5. The number of nitrogens with one attached hydrogen (secondary N) is 1. The molecule has 106 valence electrons. The van der Waals surface area contributed by atoms with E-state index < -0.39 is 0 Å². The van der Waals surface area contributed by atoms with Crippen LogP contribution in [0.3, 0.4) is 0 Å². The number of hydrogen-bond donors (Lipinski definition) is 1. The molecule has 2 aromatic rings. The first-order valence-electron chi connectivity index (χ1n) is 6.38. The van der Waals surface area contributed by atoms with Crippen molar-refractivity contribution >= 4 is 27.5 Å². The molecule has 2 rings (SSSR count). The molecule has 0 saturated carbocycles. The summed E-state index contributed by atoms with van der Waals surface area (Å²) in [7, 11) is 1.88. The Morgan fingerprint density at radius 3 is 2.65 bits per heavy atom. The van der Waals surface area contributed by atoms with Crippen molar-refractivity contribution in [1.29, 1.82) is 0 Å². The first-order chi connectivity index (χ1) is 9.49. The van der Waals surface area contributed by atoms with E-state index in [2.05, 4.69) is 39.4 Å². The van der Waals surface area contributed by atoms with E-state index in [4.69, 9.17) is 11.6 Å². The zero-order valence-corrected chi connectivity index (χ0v) is 13.7. The van der Waals surface area contributed by atoms with E-state index in [0.717, 1.165) is 10.0 Å². The van der Waals surface area contributed by atoms with Crippen molar-refractivity contribution in [3.05, 3.63) is 68.4 Å². The van der Waals surface area contributed by atoms with Crippen molar-refractivity contribution in [2.75, 3.05) is 7.05 Å². The molecular formula is C16H16BrClFN. The summed E-state index contributed by atoms with van der Waals surface area (Å²) in [6.07, 6.45) is 0.554. The number of likely N-dealkylation sites (N-methyl/N-ethyl adjacent to an activating group) is 1. The third kappa shape index (κ3) is 3.81. The summed E-state index contributed by atoms with van der Waals surface area (Å²) >= 11 is 9.44. The Kier molecular flexibility index (Phi) is 5.19. The van der Waals surface area contributed by atoms with Crippen LogP contribution < -0.4 is 5.32 Å². The van der Waals surface area contributed by atoms with Crippen LogP contribution in [0.2, 0.25) is 5.02 Å². The van der Waals surface area contributed by atoms with E-state index in [1.165, 1.54) is 11.6 Å². The second kappa shape index (κ2) is 6.70. The van der Waals surface area contributed by atoms with E-state index in [1.54, 1.807) is 12.1 Å². The number of benzene rings is 2. The molecule has 1 N–H and O–H groups in total. The predicted octanol–water partition coefficient (Wildman–Crippen LogP) is 5.05. The quantitative estimate of drug-likeness (QED) is 0.808. The molecule has 0 aromatic heterocycles. The van der Waals surface area contributed by atoms with Crippen molar-refractivity contribution in [2.45, 2.75) is 19.4 Å². The minimum Gasteiger partial charge on any atom is -0.313 e. The van der Waals surface area contributed by atoms with Gasteiger partial charge in [0, 0.05) is 15.5 Å². The second-order valence-electron chi connectivity index (χ2n) is 4.84. The molecule has 0 saturated heterocycles. The predicted molar refractivity (Wildman–Crippen MR) is 85.8 cm³/mol. The van der Waals surface area contributed by atoms with Crippen LogP contribution in [-0.4, -0.2) is 7.05 Å². The Morgan fingerprint density at radius 2 is 2.00 bits per heavy atom. The van der Waals surface area contributed by atoms with Gasteiger partial charge >= 0.3 is 0 Å². The van der Waals surface area contributed by atoms with Gasteiger partial charge in [0.2, 0.25) is 0 Å². The Bertz CT molecular complexity index is 595. The molecule has 4 heteroatoms. The Morgan fingerprint density at radius 1 is 1.25 bits per heavy atom. The minimum absolute atomic E-state index is 0.0409. The lowest BCUT2D eigenvalue weighted by atomic mass is 9.97. The number of rotatable bonds is 4. The lowest BCUT2D eigenvalue weighted by Gasteiger charge is -2.18. The summed E-state index contributed by atoms with van der Waals surface area (Å²) in [5, 5.41) is 3.79. The largest absolute Gasteiger partial charge is 0.313 e. The van der Waals surface area contributed by atoms with Crippen LogP contribution >= 0.6 is 27.5 Å². The molecule has 0 amide bonds. The summed E-state index contributed by atoms with van der Waals surface area (Å²) in [6, 6.07) is 10.9. The molecule has 0 spiro atoms. The highest BCUT2D eigenvalue weighted by molar-refractivity contribution is 9.10. The molecule has 0 heterocycles. The Hall–Kier alpha value is -0.900. The molecule has 0 aliphatic heterocycles. The first-order valence-corrected chi connectivity index (χ1v) is 7.55. The van der Waals surface area contributed by atoms with Gasteiger partial charge in [-0.1, -0.05) is 33.6 Å². The van der Waals surface area contributed by atoms with Gasteiger partial charge in [0.1, 0.15) is 5.82 Å². The molecule has 2 aromatic carbocycles. The van der Waals surface area contributed by atoms with Crippen LogP contribution in [0, 0.1) is 12.7 Å². The smallest absolute Gasteiger partial charge is 0.126 e. The highest BCUT2D eigenvalue weighted by Crippen LogP contribution is 2.25. The molecule has 0 fully saturated rings. The van der Waals surface area contributed by atoms with Crippen molar-refractivity contribution < 1.29 is 4.39 Å². The van der Waals surface area contributed by atoms with Crippen molar-refractivity contribution in [1.82, 2.24) is 5.32 Å². The normalized spacial score (nSPS) is 12.4. The van der Waals surface area contributed by atoms with Crippen molar-refractivity contribution in [3.63, 3.8) is 0 Å². The maximum absolute atomic E-state index is 13.8.